The van der Waals surface area contributed by atoms with E-state index in [2.05, 4.69) is 12.2 Å². The molecular formula is C17H31N. The summed E-state index contributed by atoms with van der Waals surface area (Å²) in [6.07, 6.45) is 15.2. The Bertz CT molecular complexity index is 256. The SMILES string of the molecule is CCNC(CCC1CC2CCC1C2)C1CCCC1. The van der Waals surface area contributed by atoms with Crippen molar-refractivity contribution in [3.8, 4) is 0 Å². The first-order valence-electron chi connectivity index (χ1n) is 8.60. The van der Waals surface area contributed by atoms with Crippen LogP contribution in [0.25, 0.3) is 0 Å². The van der Waals surface area contributed by atoms with Crippen molar-refractivity contribution >= 4 is 0 Å². The Morgan fingerprint density at radius 2 is 1.89 bits per heavy atom. The van der Waals surface area contributed by atoms with Gasteiger partial charge >= 0.3 is 0 Å². The van der Waals surface area contributed by atoms with Gasteiger partial charge in [-0.25, -0.2) is 0 Å². The summed E-state index contributed by atoms with van der Waals surface area (Å²) in [5.41, 5.74) is 0. The molecule has 0 aliphatic heterocycles. The van der Waals surface area contributed by atoms with Gasteiger partial charge in [-0.05, 0) is 75.2 Å². The van der Waals surface area contributed by atoms with Gasteiger partial charge in [-0.3, -0.25) is 0 Å². The fourth-order valence-electron chi connectivity index (χ4n) is 5.25. The van der Waals surface area contributed by atoms with Crippen LogP contribution in [0.5, 0.6) is 0 Å². The molecule has 0 heterocycles. The normalized spacial score (nSPS) is 37.5. The fraction of sp³-hybridized carbons (Fsp3) is 1.00. The second-order valence-electron chi connectivity index (χ2n) is 7.22. The lowest BCUT2D eigenvalue weighted by Gasteiger charge is -2.28. The van der Waals surface area contributed by atoms with Crippen LogP contribution in [0.15, 0.2) is 0 Å². The molecule has 0 saturated heterocycles. The Morgan fingerprint density at radius 1 is 1.06 bits per heavy atom. The van der Waals surface area contributed by atoms with E-state index in [-0.39, 0.29) is 0 Å². The molecule has 0 aromatic rings. The molecule has 0 radical (unpaired) electrons. The monoisotopic (exact) mass is 249 g/mol. The first-order chi connectivity index (χ1) is 8.86. The molecule has 1 heteroatoms. The van der Waals surface area contributed by atoms with Gasteiger partial charge in [0.2, 0.25) is 0 Å². The van der Waals surface area contributed by atoms with Crippen LogP contribution < -0.4 is 5.32 Å². The maximum Gasteiger partial charge on any atom is 0.00953 e. The van der Waals surface area contributed by atoms with Gasteiger partial charge in [-0.2, -0.15) is 0 Å². The van der Waals surface area contributed by atoms with Gasteiger partial charge in [0.25, 0.3) is 0 Å². The molecule has 0 aromatic carbocycles. The lowest BCUT2D eigenvalue weighted by atomic mass is 9.82. The van der Waals surface area contributed by atoms with Crippen LogP contribution in [0.1, 0.15) is 71.1 Å². The molecule has 3 fully saturated rings. The maximum absolute atomic E-state index is 3.79. The van der Waals surface area contributed by atoms with Crippen molar-refractivity contribution in [1.82, 2.24) is 5.32 Å². The number of rotatable bonds is 6. The Balaban J connectivity index is 1.47. The largest absolute Gasteiger partial charge is 0.314 e. The zero-order valence-corrected chi connectivity index (χ0v) is 12.2. The molecule has 4 unspecified atom stereocenters. The number of fused-ring (bicyclic) bond motifs is 2. The van der Waals surface area contributed by atoms with Crippen molar-refractivity contribution in [2.45, 2.75) is 77.2 Å². The standard InChI is InChI=1S/C17H31N/c1-2-18-17(14-5-3-4-6-14)10-9-16-12-13-7-8-15(16)11-13/h13-18H,2-12H2,1H3. The average molecular weight is 249 g/mol. The van der Waals surface area contributed by atoms with Crippen LogP contribution in [0.3, 0.4) is 0 Å². The second kappa shape index (κ2) is 5.94. The first kappa shape index (κ1) is 13.0. The third-order valence-corrected chi connectivity index (χ3v) is 6.17. The van der Waals surface area contributed by atoms with Crippen LogP contribution in [-0.2, 0) is 0 Å². The molecule has 4 atom stereocenters. The van der Waals surface area contributed by atoms with Gasteiger partial charge in [0.1, 0.15) is 0 Å². The topological polar surface area (TPSA) is 12.0 Å². The van der Waals surface area contributed by atoms with E-state index >= 15 is 0 Å². The molecule has 3 saturated carbocycles. The minimum atomic E-state index is 0.844. The molecule has 0 amide bonds. The molecule has 104 valence electrons. The highest BCUT2D eigenvalue weighted by Crippen LogP contribution is 2.50. The second-order valence-corrected chi connectivity index (χ2v) is 7.22. The molecule has 3 rings (SSSR count). The number of hydrogen-bond acceptors (Lipinski definition) is 1. The summed E-state index contributed by atoms with van der Waals surface area (Å²) < 4.78 is 0. The van der Waals surface area contributed by atoms with E-state index in [0.717, 1.165) is 36.3 Å². The molecule has 0 aromatic heterocycles. The van der Waals surface area contributed by atoms with Gasteiger partial charge in [0.15, 0.2) is 0 Å². The van der Waals surface area contributed by atoms with Crippen LogP contribution in [0.4, 0.5) is 0 Å². The number of nitrogens with one attached hydrogen (secondary N) is 1. The summed E-state index contributed by atoms with van der Waals surface area (Å²) in [5.74, 6) is 4.36. The molecule has 3 aliphatic rings. The zero-order valence-electron chi connectivity index (χ0n) is 12.2. The molecule has 3 aliphatic carbocycles. The Kier molecular flexibility index (Phi) is 4.28. The smallest absolute Gasteiger partial charge is 0.00953 e. The van der Waals surface area contributed by atoms with Crippen molar-refractivity contribution in [3.63, 3.8) is 0 Å². The summed E-state index contributed by atoms with van der Waals surface area (Å²) in [4.78, 5) is 0. The van der Waals surface area contributed by atoms with E-state index in [4.69, 9.17) is 0 Å². The van der Waals surface area contributed by atoms with Crippen LogP contribution in [0, 0.1) is 23.7 Å². The molecule has 2 bridgehead atoms. The lowest BCUT2D eigenvalue weighted by Crippen LogP contribution is -2.35. The van der Waals surface area contributed by atoms with Crippen molar-refractivity contribution in [3.05, 3.63) is 0 Å². The summed E-state index contributed by atoms with van der Waals surface area (Å²) >= 11 is 0. The molecule has 1 nitrogen and oxygen atoms in total. The highest BCUT2D eigenvalue weighted by Gasteiger charge is 2.39. The molecule has 18 heavy (non-hydrogen) atoms. The van der Waals surface area contributed by atoms with Gasteiger partial charge < -0.3 is 5.32 Å². The van der Waals surface area contributed by atoms with E-state index in [1.54, 1.807) is 25.7 Å². The summed E-state index contributed by atoms with van der Waals surface area (Å²) in [6, 6.07) is 0.844. The summed E-state index contributed by atoms with van der Waals surface area (Å²) in [7, 11) is 0. The summed E-state index contributed by atoms with van der Waals surface area (Å²) in [6.45, 7) is 3.44. The first-order valence-corrected chi connectivity index (χ1v) is 8.60. The molecule has 0 spiro atoms. The lowest BCUT2D eigenvalue weighted by molar-refractivity contribution is 0.265. The van der Waals surface area contributed by atoms with Crippen LogP contribution in [0.2, 0.25) is 0 Å². The van der Waals surface area contributed by atoms with Gasteiger partial charge in [0, 0.05) is 6.04 Å². The van der Waals surface area contributed by atoms with E-state index < -0.39 is 0 Å². The van der Waals surface area contributed by atoms with E-state index in [1.807, 2.05) is 0 Å². The predicted molar refractivity (Wildman–Crippen MR) is 77.6 cm³/mol. The van der Waals surface area contributed by atoms with Crippen molar-refractivity contribution in [2.75, 3.05) is 6.54 Å². The fourth-order valence-corrected chi connectivity index (χ4v) is 5.25. The zero-order chi connectivity index (χ0) is 12.4. The minimum absolute atomic E-state index is 0.844. The van der Waals surface area contributed by atoms with Crippen molar-refractivity contribution < 1.29 is 0 Å². The summed E-state index contributed by atoms with van der Waals surface area (Å²) in [5, 5.41) is 3.79. The predicted octanol–water partition coefficient (Wildman–Crippen LogP) is 4.37. The quantitative estimate of drug-likeness (QED) is 0.737. The highest BCUT2D eigenvalue weighted by molar-refractivity contribution is 4.91. The third-order valence-electron chi connectivity index (χ3n) is 6.17. The Hall–Kier alpha value is -0.0400. The van der Waals surface area contributed by atoms with Gasteiger partial charge in [-0.15, -0.1) is 0 Å². The number of hydrogen-bond donors (Lipinski definition) is 1. The Labute approximate surface area is 113 Å². The average Bonchev–Trinajstić information content (AvgIpc) is 3.09. The van der Waals surface area contributed by atoms with Crippen LogP contribution >= 0.6 is 0 Å². The van der Waals surface area contributed by atoms with Crippen molar-refractivity contribution in [1.29, 1.82) is 0 Å². The van der Waals surface area contributed by atoms with E-state index in [0.29, 0.717) is 0 Å². The van der Waals surface area contributed by atoms with Crippen LogP contribution in [-0.4, -0.2) is 12.6 Å². The van der Waals surface area contributed by atoms with E-state index in [1.165, 1.54) is 38.5 Å². The highest BCUT2D eigenvalue weighted by atomic mass is 14.9. The van der Waals surface area contributed by atoms with Crippen molar-refractivity contribution in [2.24, 2.45) is 23.7 Å². The minimum Gasteiger partial charge on any atom is -0.314 e. The molecular weight excluding hydrogens is 218 g/mol. The third kappa shape index (κ3) is 2.76. The van der Waals surface area contributed by atoms with Gasteiger partial charge in [0.05, 0.1) is 0 Å². The molecule has 1 N–H and O–H groups in total. The van der Waals surface area contributed by atoms with E-state index in [9.17, 15) is 0 Å². The Morgan fingerprint density at radius 3 is 2.50 bits per heavy atom. The van der Waals surface area contributed by atoms with Gasteiger partial charge in [-0.1, -0.05) is 26.2 Å². The maximum atomic E-state index is 3.79.